The van der Waals surface area contributed by atoms with E-state index in [4.69, 9.17) is 0 Å². The quantitative estimate of drug-likeness (QED) is 0.769. The van der Waals surface area contributed by atoms with Crippen molar-refractivity contribution in [1.29, 1.82) is 0 Å². The van der Waals surface area contributed by atoms with Gasteiger partial charge in [-0.25, -0.2) is 0 Å². The highest BCUT2D eigenvalue weighted by Gasteiger charge is 2.72. The summed E-state index contributed by atoms with van der Waals surface area (Å²) in [6, 6.07) is 21.1. The number of rotatable bonds is 4. The Morgan fingerprint density at radius 1 is 0.875 bits per heavy atom. The van der Waals surface area contributed by atoms with Crippen molar-refractivity contribution in [3.05, 3.63) is 95.6 Å². The maximum atomic E-state index is 11.1. The van der Waals surface area contributed by atoms with Crippen molar-refractivity contribution in [2.75, 3.05) is 0 Å². The van der Waals surface area contributed by atoms with Crippen LogP contribution in [0.1, 0.15) is 36.8 Å². The van der Waals surface area contributed by atoms with Gasteiger partial charge in [0, 0.05) is 11.8 Å². The number of allylic oxidation sites excluding steroid dienone is 2. The topological polar surface area (TPSA) is 20.2 Å². The molecule has 4 unspecified atom stereocenters. The van der Waals surface area contributed by atoms with Gasteiger partial charge in [0.25, 0.3) is 0 Å². The molecule has 1 aliphatic heterocycles. The van der Waals surface area contributed by atoms with Gasteiger partial charge in [-0.2, -0.15) is 0 Å². The first-order valence-electron chi connectivity index (χ1n) is 8.51. The van der Waals surface area contributed by atoms with Gasteiger partial charge in [0.05, 0.1) is 4.75 Å². The van der Waals surface area contributed by atoms with Crippen molar-refractivity contribution in [2.45, 2.75) is 35.4 Å². The Hall–Kier alpha value is -1.77. The minimum atomic E-state index is -0.782. The zero-order valence-corrected chi connectivity index (χ0v) is 14.8. The number of fused-ring (bicyclic) bond motifs is 1. The lowest BCUT2D eigenvalue weighted by Gasteiger charge is -2.33. The second-order valence-electron chi connectivity index (χ2n) is 6.78. The molecular formula is C22H22OS. The van der Waals surface area contributed by atoms with Gasteiger partial charge in [-0.3, -0.25) is 0 Å². The molecule has 2 aliphatic rings. The molecule has 1 heterocycles. The van der Waals surface area contributed by atoms with Crippen LogP contribution in [0.3, 0.4) is 0 Å². The van der Waals surface area contributed by atoms with Crippen LogP contribution in [0.15, 0.2) is 84.5 Å². The summed E-state index contributed by atoms with van der Waals surface area (Å²) in [5, 5.41) is 11.1. The molecule has 0 bridgehead atoms. The Bertz CT molecular complexity index is 795. The highest BCUT2D eigenvalue weighted by Crippen LogP contribution is 2.74. The van der Waals surface area contributed by atoms with Crippen LogP contribution in [0, 0.1) is 0 Å². The van der Waals surface area contributed by atoms with E-state index in [1.165, 1.54) is 16.7 Å². The van der Waals surface area contributed by atoms with Crippen molar-refractivity contribution in [2.24, 2.45) is 0 Å². The van der Waals surface area contributed by atoms with E-state index in [-0.39, 0.29) is 16.6 Å². The molecule has 1 fully saturated rings. The molecule has 4 rings (SSSR count). The summed E-state index contributed by atoms with van der Waals surface area (Å²) in [5.74, 6) is 0.528. The smallest absolute Gasteiger partial charge is 0.149 e. The van der Waals surface area contributed by atoms with Crippen LogP contribution < -0.4 is 0 Å². The van der Waals surface area contributed by atoms with Crippen LogP contribution in [0.2, 0.25) is 0 Å². The van der Waals surface area contributed by atoms with Crippen LogP contribution in [0.5, 0.6) is 0 Å². The van der Waals surface area contributed by atoms with E-state index in [0.29, 0.717) is 0 Å². The summed E-state index contributed by atoms with van der Waals surface area (Å²) in [4.78, 5) is -0.782. The standard InChI is InChI=1S/C22H22OS/c1-16(18-10-5-3-6-11-18)20-14-9-15-21(23)22(20,24-21)17(2)19-12-7-4-8-13-19/h3-17,23H,1-2H3. The fraction of sp³-hybridized carbons (Fsp3) is 0.273. The lowest BCUT2D eigenvalue weighted by atomic mass is 9.71. The van der Waals surface area contributed by atoms with Gasteiger partial charge >= 0.3 is 0 Å². The van der Waals surface area contributed by atoms with Crippen molar-refractivity contribution in [3.8, 4) is 0 Å². The Balaban J connectivity index is 1.76. The van der Waals surface area contributed by atoms with Crippen LogP contribution in [0.4, 0.5) is 0 Å². The van der Waals surface area contributed by atoms with E-state index in [2.05, 4.69) is 74.5 Å². The van der Waals surface area contributed by atoms with Gasteiger partial charge in [0.15, 0.2) is 0 Å². The molecule has 1 saturated heterocycles. The number of benzene rings is 2. The summed E-state index contributed by atoms with van der Waals surface area (Å²) in [5.41, 5.74) is 3.90. The molecule has 24 heavy (non-hydrogen) atoms. The van der Waals surface area contributed by atoms with E-state index in [9.17, 15) is 5.11 Å². The second kappa shape index (κ2) is 5.65. The van der Waals surface area contributed by atoms with Crippen molar-refractivity contribution >= 4 is 11.8 Å². The average molecular weight is 334 g/mol. The van der Waals surface area contributed by atoms with Gasteiger partial charge in [0.1, 0.15) is 4.93 Å². The molecule has 0 amide bonds. The van der Waals surface area contributed by atoms with E-state index in [0.717, 1.165) is 0 Å². The first kappa shape index (κ1) is 15.7. The fourth-order valence-electron chi connectivity index (χ4n) is 4.06. The van der Waals surface area contributed by atoms with E-state index in [1.807, 2.05) is 18.2 Å². The molecule has 2 aromatic carbocycles. The Morgan fingerprint density at radius 3 is 2.08 bits per heavy atom. The van der Waals surface area contributed by atoms with Crippen LogP contribution in [-0.2, 0) is 0 Å². The SMILES string of the molecule is CC(C1=CC=CC2(O)SC12C(C)c1ccccc1)c1ccccc1. The van der Waals surface area contributed by atoms with Crippen LogP contribution in [-0.4, -0.2) is 14.8 Å². The molecule has 122 valence electrons. The number of hydrogen-bond acceptors (Lipinski definition) is 2. The summed E-state index contributed by atoms with van der Waals surface area (Å²) >= 11 is 1.68. The summed E-state index contributed by atoms with van der Waals surface area (Å²) < 4.78 is -0.266. The minimum Gasteiger partial charge on any atom is -0.374 e. The third-order valence-electron chi connectivity index (χ3n) is 5.51. The van der Waals surface area contributed by atoms with Crippen LogP contribution in [0.25, 0.3) is 0 Å². The molecule has 0 spiro atoms. The molecule has 1 aliphatic carbocycles. The van der Waals surface area contributed by atoms with Gasteiger partial charge in [0.2, 0.25) is 0 Å². The number of hydrogen-bond donors (Lipinski definition) is 1. The van der Waals surface area contributed by atoms with Crippen molar-refractivity contribution in [3.63, 3.8) is 0 Å². The van der Waals surface area contributed by atoms with Gasteiger partial charge in [-0.15, -0.1) is 11.8 Å². The van der Waals surface area contributed by atoms with Gasteiger partial charge in [-0.05, 0) is 22.8 Å². The van der Waals surface area contributed by atoms with E-state index < -0.39 is 4.93 Å². The molecule has 0 radical (unpaired) electrons. The molecule has 4 atom stereocenters. The van der Waals surface area contributed by atoms with Gasteiger partial charge < -0.3 is 5.11 Å². The van der Waals surface area contributed by atoms with Gasteiger partial charge in [-0.1, -0.05) is 86.7 Å². The number of aliphatic hydroxyl groups is 1. The Morgan fingerprint density at radius 2 is 1.46 bits per heavy atom. The molecule has 0 saturated carbocycles. The average Bonchev–Trinajstić information content (AvgIpc) is 3.29. The molecular weight excluding hydrogens is 312 g/mol. The Labute approximate surface area is 148 Å². The third kappa shape index (κ3) is 2.21. The molecule has 1 N–H and O–H groups in total. The summed E-state index contributed by atoms with van der Waals surface area (Å²) in [6.45, 7) is 4.49. The maximum Gasteiger partial charge on any atom is 0.149 e. The fourth-order valence-corrected chi connectivity index (χ4v) is 5.69. The highest BCUT2D eigenvalue weighted by atomic mass is 32.2. The summed E-state index contributed by atoms with van der Waals surface area (Å²) in [7, 11) is 0. The summed E-state index contributed by atoms with van der Waals surface area (Å²) in [6.07, 6.45) is 6.19. The third-order valence-corrected chi connectivity index (χ3v) is 7.30. The first-order chi connectivity index (χ1) is 11.6. The Kier molecular flexibility index (Phi) is 3.70. The maximum absolute atomic E-state index is 11.1. The molecule has 1 nitrogen and oxygen atoms in total. The highest BCUT2D eigenvalue weighted by molar-refractivity contribution is 8.10. The van der Waals surface area contributed by atoms with Crippen molar-refractivity contribution < 1.29 is 5.11 Å². The van der Waals surface area contributed by atoms with Crippen molar-refractivity contribution in [1.82, 2.24) is 0 Å². The number of thioether (sulfide) groups is 1. The molecule has 2 aromatic rings. The van der Waals surface area contributed by atoms with Crippen LogP contribution >= 0.6 is 11.8 Å². The normalized spacial score (nSPS) is 30.2. The molecule has 0 aromatic heterocycles. The van der Waals surface area contributed by atoms with E-state index >= 15 is 0 Å². The lowest BCUT2D eigenvalue weighted by molar-refractivity contribution is 0.183. The lowest BCUT2D eigenvalue weighted by Crippen LogP contribution is -2.35. The predicted molar refractivity (Wildman–Crippen MR) is 102 cm³/mol. The predicted octanol–water partition coefficient (Wildman–Crippen LogP) is 5.26. The second-order valence-corrected chi connectivity index (χ2v) is 8.25. The monoisotopic (exact) mass is 334 g/mol. The zero-order chi connectivity index (χ0) is 16.8. The minimum absolute atomic E-state index is 0.246. The van der Waals surface area contributed by atoms with E-state index in [1.54, 1.807) is 11.8 Å². The zero-order valence-electron chi connectivity index (χ0n) is 14.0. The largest absolute Gasteiger partial charge is 0.374 e. The molecule has 2 heteroatoms. The first-order valence-corrected chi connectivity index (χ1v) is 9.32.